The Morgan fingerprint density at radius 2 is 1.95 bits per heavy atom. The van der Waals surface area contributed by atoms with E-state index in [9.17, 15) is 4.79 Å². The molecule has 0 aliphatic heterocycles. The van der Waals surface area contributed by atoms with E-state index in [4.69, 9.17) is 11.6 Å². The lowest BCUT2D eigenvalue weighted by Gasteiger charge is -2.05. The Labute approximate surface area is 131 Å². The number of pyridine rings is 1. The molecule has 0 fully saturated rings. The van der Waals surface area contributed by atoms with Crippen LogP contribution < -0.4 is 5.32 Å². The highest BCUT2D eigenvalue weighted by molar-refractivity contribution is 6.32. The molecule has 0 radical (unpaired) electrons. The van der Waals surface area contributed by atoms with Crippen molar-refractivity contribution in [3.05, 3.63) is 65.2 Å². The molecule has 0 aliphatic rings. The number of nitrogens with zero attached hydrogens (tertiary/aromatic N) is 4. The molecule has 6 nitrogen and oxygen atoms in total. The Bertz CT molecular complexity index is 816. The van der Waals surface area contributed by atoms with E-state index >= 15 is 0 Å². The van der Waals surface area contributed by atoms with Crippen molar-refractivity contribution in [2.75, 3.05) is 5.32 Å². The number of carbonyl (C=O) groups is 1. The number of para-hydroxylation sites is 1. The maximum Gasteiger partial charge on any atom is 0.278 e. The topological polar surface area (TPSA) is 72.7 Å². The minimum Gasteiger partial charge on any atom is -0.318 e. The van der Waals surface area contributed by atoms with E-state index in [0.29, 0.717) is 11.4 Å². The number of anilines is 1. The predicted octanol–water partition coefficient (Wildman–Crippen LogP) is 2.88. The van der Waals surface area contributed by atoms with Gasteiger partial charge in [0.25, 0.3) is 5.91 Å². The molecule has 0 aliphatic carbocycles. The third-order valence-corrected chi connectivity index (χ3v) is 3.42. The number of rotatable bonds is 3. The summed E-state index contributed by atoms with van der Waals surface area (Å²) in [7, 11) is 0. The minimum absolute atomic E-state index is 0.226. The fraction of sp³-hybridized carbons (Fsp3) is 0.0667. The first-order chi connectivity index (χ1) is 10.7. The average Bonchev–Trinajstić information content (AvgIpc) is 2.92. The maximum absolute atomic E-state index is 12.3. The van der Waals surface area contributed by atoms with Gasteiger partial charge in [-0.05, 0) is 31.2 Å². The van der Waals surface area contributed by atoms with Gasteiger partial charge in [0.05, 0.1) is 17.1 Å². The van der Waals surface area contributed by atoms with Gasteiger partial charge in [-0.15, -0.1) is 5.10 Å². The van der Waals surface area contributed by atoms with Gasteiger partial charge < -0.3 is 5.32 Å². The lowest BCUT2D eigenvalue weighted by atomic mass is 10.3. The molecule has 0 unspecified atom stereocenters. The highest BCUT2D eigenvalue weighted by Gasteiger charge is 2.18. The zero-order valence-electron chi connectivity index (χ0n) is 11.7. The Hall–Kier alpha value is -2.73. The SMILES string of the molecule is Cc1c(C(=O)Nc2cccnc2Cl)nnn1-c1ccccc1. The van der Waals surface area contributed by atoms with Crippen LogP contribution in [0.2, 0.25) is 5.15 Å². The van der Waals surface area contributed by atoms with E-state index in [0.717, 1.165) is 5.69 Å². The van der Waals surface area contributed by atoms with E-state index in [-0.39, 0.29) is 16.8 Å². The van der Waals surface area contributed by atoms with Gasteiger partial charge in [0.2, 0.25) is 0 Å². The fourth-order valence-corrected chi connectivity index (χ4v) is 2.18. The van der Waals surface area contributed by atoms with E-state index in [1.54, 1.807) is 29.9 Å². The molecule has 110 valence electrons. The number of benzene rings is 1. The molecule has 3 rings (SSSR count). The zero-order chi connectivity index (χ0) is 15.5. The van der Waals surface area contributed by atoms with Crippen LogP contribution in [0.1, 0.15) is 16.2 Å². The number of halogens is 1. The van der Waals surface area contributed by atoms with E-state index in [1.165, 1.54) is 0 Å². The fourth-order valence-electron chi connectivity index (χ4n) is 2.01. The standard InChI is InChI=1S/C15H12ClN5O/c1-10-13(15(22)18-12-8-5-9-17-14(12)16)19-20-21(10)11-6-3-2-4-7-11/h2-9H,1H3,(H,18,22). The van der Waals surface area contributed by atoms with E-state index in [1.807, 2.05) is 30.3 Å². The molecule has 1 amide bonds. The van der Waals surface area contributed by atoms with Crippen molar-refractivity contribution in [3.63, 3.8) is 0 Å². The van der Waals surface area contributed by atoms with Crippen LogP contribution in [-0.2, 0) is 0 Å². The number of nitrogens with one attached hydrogen (secondary N) is 1. The molecule has 1 aromatic carbocycles. The van der Waals surface area contributed by atoms with Crippen molar-refractivity contribution in [2.24, 2.45) is 0 Å². The first-order valence-electron chi connectivity index (χ1n) is 6.56. The van der Waals surface area contributed by atoms with Gasteiger partial charge in [-0.1, -0.05) is 35.0 Å². The van der Waals surface area contributed by atoms with Crippen LogP contribution in [0.25, 0.3) is 5.69 Å². The summed E-state index contributed by atoms with van der Waals surface area (Å²) in [4.78, 5) is 16.2. The summed E-state index contributed by atoms with van der Waals surface area (Å²) in [6, 6.07) is 12.8. The van der Waals surface area contributed by atoms with Gasteiger partial charge in [-0.2, -0.15) is 0 Å². The lowest BCUT2D eigenvalue weighted by molar-refractivity contribution is 0.102. The highest BCUT2D eigenvalue weighted by atomic mass is 35.5. The molecule has 0 saturated carbocycles. The number of hydrogen-bond acceptors (Lipinski definition) is 4. The largest absolute Gasteiger partial charge is 0.318 e. The molecule has 2 heterocycles. The molecule has 2 aromatic heterocycles. The van der Waals surface area contributed by atoms with Crippen LogP contribution in [0.4, 0.5) is 5.69 Å². The summed E-state index contributed by atoms with van der Waals surface area (Å²) in [5.74, 6) is -0.380. The molecule has 0 spiro atoms. The van der Waals surface area contributed by atoms with Crippen LogP contribution >= 0.6 is 11.6 Å². The smallest absolute Gasteiger partial charge is 0.278 e. The number of amides is 1. The first-order valence-corrected chi connectivity index (χ1v) is 6.94. The molecule has 0 bridgehead atoms. The molecular weight excluding hydrogens is 302 g/mol. The van der Waals surface area contributed by atoms with Crippen molar-refractivity contribution in [3.8, 4) is 5.69 Å². The molecule has 7 heteroatoms. The summed E-state index contributed by atoms with van der Waals surface area (Å²) in [5.41, 5.74) is 2.15. The second-order valence-electron chi connectivity index (χ2n) is 4.57. The summed E-state index contributed by atoms with van der Waals surface area (Å²) in [6.45, 7) is 1.78. The third-order valence-electron chi connectivity index (χ3n) is 3.12. The number of carbonyl (C=O) groups excluding carboxylic acids is 1. The van der Waals surface area contributed by atoms with Crippen LogP contribution in [0.15, 0.2) is 48.7 Å². The average molecular weight is 314 g/mol. The Morgan fingerprint density at radius 3 is 2.68 bits per heavy atom. The van der Waals surface area contributed by atoms with Crippen LogP contribution in [0, 0.1) is 6.92 Å². The van der Waals surface area contributed by atoms with Crippen molar-refractivity contribution >= 4 is 23.2 Å². The number of hydrogen-bond donors (Lipinski definition) is 1. The van der Waals surface area contributed by atoms with E-state index in [2.05, 4.69) is 20.6 Å². The van der Waals surface area contributed by atoms with Crippen LogP contribution in [0.5, 0.6) is 0 Å². The van der Waals surface area contributed by atoms with Crippen molar-refractivity contribution in [2.45, 2.75) is 6.92 Å². The quantitative estimate of drug-likeness (QED) is 0.755. The minimum atomic E-state index is -0.380. The normalized spacial score (nSPS) is 10.5. The maximum atomic E-state index is 12.3. The third kappa shape index (κ3) is 2.68. The molecular formula is C15H12ClN5O. The second-order valence-corrected chi connectivity index (χ2v) is 4.92. The Balaban J connectivity index is 1.89. The Morgan fingerprint density at radius 1 is 1.18 bits per heavy atom. The van der Waals surface area contributed by atoms with Crippen molar-refractivity contribution < 1.29 is 4.79 Å². The van der Waals surface area contributed by atoms with Gasteiger partial charge in [0, 0.05) is 6.20 Å². The van der Waals surface area contributed by atoms with Crippen LogP contribution in [-0.4, -0.2) is 25.9 Å². The van der Waals surface area contributed by atoms with Gasteiger partial charge in [0.15, 0.2) is 10.8 Å². The zero-order valence-corrected chi connectivity index (χ0v) is 12.4. The second kappa shape index (κ2) is 5.95. The molecule has 22 heavy (non-hydrogen) atoms. The predicted molar refractivity (Wildman–Crippen MR) is 83.3 cm³/mol. The molecule has 0 atom stereocenters. The van der Waals surface area contributed by atoms with E-state index < -0.39 is 0 Å². The van der Waals surface area contributed by atoms with Crippen molar-refractivity contribution in [1.29, 1.82) is 0 Å². The molecule has 3 aromatic rings. The first kappa shape index (κ1) is 14.2. The van der Waals surface area contributed by atoms with Gasteiger partial charge in [-0.3, -0.25) is 4.79 Å². The number of aromatic nitrogens is 4. The van der Waals surface area contributed by atoms with Gasteiger partial charge in [-0.25, -0.2) is 9.67 Å². The highest BCUT2D eigenvalue weighted by Crippen LogP contribution is 2.19. The summed E-state index contributed by atoms with van der Waals surface area (Å²) in [5, 5.41) is 10.9. The summed E-state index contributed by atoms with van der Waals surface area (Å²) in [6.07, 6.45) is 1.55. The summed E-state index contributed by atoms with van der Waals surface area (Å²) < 4.78 is 1.61. The van der Waals surface area contributed by atoms with Crippen molar-refractivity contribution in [1.82, 2.24) is 20.0 Å². The van der Waals surface area contributed by atoms with Gasteiger partial charge >= 0.3 is 0 Å². The lowest BCUT2D eigenvalue weighted by Crippen LogP contribution is -2.14. The van der Waals surface area contributed by atoms with Gasteiger partial charge in [0.1, 0.15) is 0 Å². The van der Waals surface area contributed by atoms with Crippen LogP contribution in [0.3, 0.4) is 0 Å². The molecule has 1 N–H and O–H groups in total. The summed E-state index contributed by atoms with van der Waals surface area (Å²) >= 11 is 5.93. The monoisotopic (exact) mass is 313 g/mol. The Kier molecular flexibility index (Phi) is 3.84. The molecule has 0 saturated heterocycles.